The SMILES string of the molecule is Cc1cc(N(CC(N)=O)CC(C)C)ccc1CNC1CC1. The van der Waals surface area contributed by atoms with Gasteiger partial charge < -0.3 is 16.0 Å². The van der Waals surface area contributed by atoms with E-state index in [1.165, 1.54) is 24.0 Å². The average Bonchev–Trinajstić information content (AvgIpc) is 3.19. The lowest BCUT2D eigenvalue weighted by Crippen LogP contribution is -2.36. The summed E-state index contributed by atoms with van der Waals surface area (Å²) in [7, 11) is 0. The van der Waals surface area contributed by atoms with E-state index >= 15 is 0 Å². The van der Waals surface area contributed by atoms with E-state index in [2.05, 4.69) is 49.2 Å². The molecule has 4 nitrogen and oxygen atoms in total. The predicted molar refractivity (Wildman–Crippen MR) is 87.3 cm³/mol. The number of nitrogens with one attached hydrogen (secondary N) is 1. The number of anilines is 1. The third kappa shape index (κ3) is 5.05. The number of nitrogens with zero attached hydrogens (tertiary/aromatic N) is 1. The molecule has 0 unspecified atom stereocenters. The zero-order chi connectivity index (χ0) is 15.4. The highest BCUT2D eigenvalue weighted by molar-refractivity contribution is 5.79. The standard InChI is InChI=1S/C17H27N3O/c1-12(2)10-20(11-17(18)21)16-7-4-14(13(3)8-16)9-19-15-5-6-15/h4,7-8,12,15,19H,5-6,9-11H2,1-3H3,(H2,18,21). The van der Waals surface area contributed by atoms with Gasteiger partial charge in [-0.3, -0.25) is 4.79 Å². The molecular weight excluding hydrogens is 262 g/mol. The fourth-order valence-corrected chi connectivity index (χ4v) is 2.51. The van der Waals surface area contributed by atoms with E-state index in [1.807, 2.05) is 0 Å². The van der Waals surface area contributed by atoms with Gasteiger partial charge in [0.2, 0.25) is 5.91 Å². The molecule has 0 aromatic heterocycles. The number of rotatable bonds is 8. The predicted octanol–water partition coefficient (Wildman–Crippen LogP) is 2.19. The number of hydrogen-bond donors (Lipinski definition) is 2. The minimum atomic E-state index is -0.284. The summed E-state index contributed by atoms with van der Waals surface area (Å²) < 4.78 is 0. The highest BCUT2D eigenvalue weighted by atomic mass is 16.1. The van der Waals surface area contributed by atoms with Crippen LogP contribution in [0.2, 0.25) is 0 Å². The maximum Gasteiger partial charge on any atom is 0.236 e. The third-order valence-corrected chi connectivity index (χ3v) is 3.78. The van der Waals surface area contributed by atoms with Crippen molar-refractivity contribution < 1.29 is 4.79 Å². The van der Waals surface area contributed by atoms with Crippen molar-refractivity contribution in [2.45, 2.75) is 46.2 Å². The van der Waals surface area contributed by atoms with Crippen LogP contribution in [0.15, 0.2) is 18.2 Å². The van der Waals surface area contributed by atoms with Crippen LogP contribution in [0.5, 0.6) is 0 Å². The van der Waals surface area contributed by atoms with Gasteiger partial charge in [0, 0.05) is 24.8 Å². The molecule has 21 heavy (non-hydrogen) atoms. The molecule has 1 amide bonds. The van der Waals surface area contributed by atoms with Crippen molar-refractivity contribution >= 4 is 11.6 Å². The van der Waals surface area contributed by atoms with Gasteiger partial charge in [0.15, 0.2) is 0 Å². The quantitative estimate of drug-likeness (QED) is 0.771. The Morgan fingerprint density at radius 1 is 1.43 bits per heavy atom. The van der Waals surface area contributed by atoms with Crippen molar-refractivity contribution in [3.63, 3.8) is 0 Å². The van der Waals surface area contributed by atoms with Crippen molar-refractivity contribution in [3.8, 4) is 0 Å². The van der Waals surface area contributed by atoms with Crippen LogP contribution in [0.4, 0.5) is 5.69 Å². The molecule has 1 aliphatic rings. The fourth-order valence-electron chi connectivity index (χ4n) is 2.51. The van der Waals surface area contributed by atoms with E-state index in [-0.39, 0.29) is 12.5 Å². The van der Waals surface area contributed by atoms with Gasteiger partial charge in [0.05, 0.1) is 6.54 Å². The van der Waals surface area contributed by atoms with Crippen LogP contribution in [0.1, 0.15) is 37.8 Å². The van der Waals surface area contributed by atoms with Crippen LogP contribution in [-0.4, -0.2) is 25.0 Å². The molecular formula is C17H27N3O. The summed E-state index contributed by atoms with van der Waals surface area (Å²) in [6, 6.07) is 7.14. The summed E-state index contributed by atoms with van der Waals surface area (Å²) in [5.74, 6) is 0.202. The molecule has 1 aromatic rings. The minimum Gasteiger partial charge on any atom is -0.368 e. The lowest BCUT2D eigenvalue weighted by Gasteiger charge is -2.26. The monoisotopic (exact) mass is 289 g/mol. The Morgan fingerprint density at radius 3 is 2.67 bits per heavy atom. The number of carbonyl (C=O) groups excluding carboxylic acids is 1. The second kappa shape index (κ2) is 6.94. The normalized spacial score (nSPS) is 14.5. The summed E-state index contributed by atoms with van der Waals surface area (Å²) in [6.45, 7) is 8.46. The van der Waals surface area contributed by atoms with Crippen LogP contribution in [-0.2, 0) is 11.3 Å². The molecule has 1 aliphatic carbocycles. The molecule has 2 rings (SSSR count). The Labute approximate surface area is 127 Å². The topological polar surface area (TPSA) is 58.4 Å². The smallest absolute Gasteiger partial charge is 0.236 e. The summed E-state index contributed by atoms with van der Waals surface area (Å²) in [5, 5.41) is 3.54. The lowest BCUT2D eigenvalue weighted by molar-refractivity contribution is -0.116. The van der Waals surface area contributed by atoms with Gasteiger partial charge in [-0.15, -0.1) is 0 Å². The first-order valence-electron chi connectivity index (χ1n) is 7.82. The molecule has 3 N–H and O–H groups in total. The minimum absolute atomic E-state index is 0.275. The summed E-state index contributed by atoms with van der Waals surface area (Å²) in [5.41, 5.74) is 9.04. The summed E-state index contributed by atoms with van der Waals surface area (Å²) in [4.78, 5) is 13.3. The molecule has 0 bridgehead atoms. The molecule has 0 spiro atoms. The summed E-state index contributed by atoms with van der Waals surface area (Å²) in [6.07, 6.45) is 2.61. The maximum atomic E-state index is 11.3. The Hall–Kier alpha value is -1.55. The van der Waals surface area contributed by atoms with Crippen molar-refractivity contribution in [3.05, 3.63) is 29.3 Å². The number of aryl methyl sites for hydroxylation is 1. The molecule has 0 heterocycles. The molecule has 0 radical (unpaired) electrons. The van der Waals surface area contributed by atoms with Gasteiger partial charge in [-0.25, -0.2) is 0 Å². The van der Waals surface area contributed by atoms with E-state index in [9.17, 15) is 4.79 Å². The zero-order valence-electron chi connectivity index (χ0n) is 13.4. The molecule has 1 aromatic carbocycles. The van der Waals surface area contributed by atoms with E-state index in [4.69, 9.17) is 5.73 Å². The van der Waals surface area contributed by atoms with E-state index < -0.39 is 0 Å². The number of nitrogens with two attached hydrogens (primary N) is 1. The average molecular weight is 289 g/mol. The first-order chi connectivity index (χ1) is 9.95. The molecule has 0 aliphatic heterocycles. The molecule has 0 atom stereocenters. The van der Waals surface area contributed by atoms with Gasteiger partial charge in [-0.05, 0) is 48.9 Å². The maximum absolute atomic E-state index is 11.3. The highest BCUT2D eigenvalue weighted by Gasteiger charge is 2.20. The third-order valence-electron chi connectivity index (χ3n) is 3.78. The van der Waals surface area contributed by atoms with E-state index in [0.717, 1.165) is 24.8 Å². The number of carbonyl (C=O) groups is 1. The van der Waals surface area contributed by atoms with Crippen molar-refractivity contribution in [2.24, 2.45) is 11.7 Å². The zero-order valence-corrected chi connectivity index (χ0v) is 13.4. The van der Waals surface area contributed by atoms with Crippen molar-refractivity contribution in [2.75, 3.05) is 18.0 Å². The molecule has 1 saturated carbocycles. The summed E-state index contributed by atoms with van der Waals surface area (Å²) >= 11 is 0. The number of amides is 1. The molecule has 116 valence electrons. The van der Waals surface area contributed by atoms with Crippen LogP contribution in [0.25, 0.3) is 0 Å². The van der Waals surface area contributed by atoms with Gasteiger partial charge in [-0.2, -0.15) is 0 Å². The first kappa shape index (κ1) is 15.8. The van der Waals surface area contributed by atoms with Crippen LogP contribution >= 0.6 is 0 Å². The van der Waals surface area contributed by atoms with Gasteiger partial charge >= 0.3 is 0 Å². The number of hydrogen-bond acceptors (Lipinski definition) is 3. The highest BCUT2D eigenvalue weighted by Crippen LogP contribution is 2.23. The van der Waals surface area contributed by atoms with E-state index in [0.29, 0.717) is 5.92 Å². The van der Waals surface area contributed by atoms with Gasteiger partial charge in [0.25, 0.3) is 0 Å². The second-order valence-electron chi connectivity index (χ2n) is 6.51. The Bertz CT molecular complexity index is 495. The number of benzene rings is 1. The van der Waals surface area contributed by atoms with Gasteiger partial charge in [-0.1, -0.05) is 19.9 Å². The van der Waals surface area contributed by atoms with Crippen molar-refractivity contribution in [1.29, 1.82) is 0 Å². The van der Waals surface area contributed by atoms with E-state index in [1.54, 1.807) is 0 Å². The van der Waals surface area contributed by atoms with Crippen molar-refractivity contribution in [1.82, 2.24) is 5.32 Å². The molecule has 1 fully saturated rings. The molecule has 0 saturated heterocycles. The van der Waals surface area contributed by atoms with Crippen LogP contribution < -0.4 is 16.0 Å². The largest absolute Gasteiger partial charge is 0.368 e. The molecule has 4 heteroatoms. The van der Waals surface area contributed by atoms with Crippen LogP contribution in [0, 0.1) is 12.8 Å². The Morgan fingerprint density at radius 2 is 2.14 bits per heavy atom. The van der Waals surface area contributed by atoms with Gasteiger partial charge in [0.1, 0.15) is 0 Å². The second-order valence-corrected chi connectivity index (χ2v) is 6.51. The first-order valence-corrected chi connectivity index (χ1v) is 7.82. The Kier molecular flexibility index (Phi) is 5.23. The fraction of sp³-hybridized carbons (Fsp3) is 0.588. The van der Waals surface area contributed by atoms with Crippen LogP contribution in [0.3, 0.4) is 0 Å². The Balaban J connectivity index is 2.08. The number of primary amides is 1. The lowest BCUT2D eigenvalue weighted by atomic mass is 10.1.